The van der Waals surface area contributed by atoms with E-state index in [1.807, 2.05) is 30.3 Å². The van der Waals surface area contributed by atoms with Gasteiger partial charge in [-0.25, -0.2) is 4.98 Å². The SMILES string of the molecule is Cc1ncn(CCNC(=O)c2ccc(Oc3ccccc3)cc2)c(=O)c1C. The van der Waals surface area contributed by atoms with E-state index >= 15 is 0 Å². The van der Waals surface area contributed by atoms with Crippen molar-refractivity contribution in [1.29, 1.82) is 0 Å². The molecule has 1 N–H and O–H groups in total. The number of hydrogen-bond donors (Lipinski definition) is 1. The van der Waals surface area contributed by atoms with Crippen LogP contribution in [0.3, 0.4) is 0 Å². The van der Waals surface area contributed by atoms with Crippen molar-refractivity contribution in [3.8, 4) is 11.5 Å². The molecule has 0 unspecified atom stereocenters. The second-order valence-electron chi connectivity index (χ2n) is 6.15. The standard InChI is InChI=1S/C21H21N3O3/c1-15-16(2)23-14-24(21(15)26)13-12-22-20(25)17-8-10-19(11-9-17)27-18-6-4-3-5-7-18/h3-11,14H,12-13H2,1-2H3,(H,22,25). The largest absolute Gasteiger partial charge is 0.457 e. The Bertz CT molecular complexity index is 980. The van der Waals surface area contributed by atoms with E-state index in [0.717, 1.165) is 11.4 Å². The molecular formula is C21H21N3O3. The van der Waals surface area contributed by atoms with E-state index in [1.165, 1.54) is 10.9 Å². The Morgan fingerprint density at radius 3 is 2.41 bits per heavy atom. The molecule has 1 aromatic heterocycles. The first kappa shape index (κ1) is 18.4. The molecule has 0 spiro atoms. The molecule has 0 aliphatic rings. The number of hydrogen-bond acceptors (Lipinski definition) is 4. The van der Waals surface area contributed by atoms with Crippen molar-refractivity contribution in [3.63, 3.8) is 0 Å². The second-order valence-corrected chi connectivity index (χ2v) is 6.15. The first-order valence-corrected chi connectivity index (χ1v) is 8.68. The summed E-state index contributed by atoms with van der Waals surface area (Å²) in [6, 6.07) is 16.4. The molecule has 0 radical (unpaired) electrons. The Hall–Kier alpha value is -3.41. The van der Waals surface area contributed by atoms with Crippen LogP contribution in [0.1, 0.15) is 21.6 Å². The van der Waals surface area contributed by atoms with Crippen LogP contribution in [0.2, 0.25) is 0 Å². The molecule has 0 bridgehead atoms. The highest BCUT2D eigenvalue weighted by Crippen LogP contribution is 2.21. The summed E-state index contributed by atoms with van der Waals surface area (Å²) in [7, 11) is 0. The highest BCUT2D eigenvalue weighted by Gasteiger charge is 2.07. The minimum Gasteiger partial charge on any atom is -0.457 e. The highest BCUT2D eigenvalue weighted by atomic mass is 16.5. The van der Waals surface area contributed by atoms with Gasteiger partial charge in [0.05, 0.1) is 6.33 Å². The molecule has 3 rings (SSSR count). The molecule has 0 atom stereocenters. The van der Waals surface area contributed by atoms with Crippen molar-refractivity contribution in [2.24, 2.45) is 0 Å². The fourth-order valence-electron chi connectivity index (χ4n) is 2.53. The lowest BCUT2D eigenvalue weighted by molar-refractivity contribution is 0.0952. The van der Waals surface area contributed by atoms with Gasteiger partial charge in [-0.15, -0.1) is 0 Å². The molecule has 0 aliphatic carbocycles. The molecule has 6 nitrogen and oxygen atoms in total. The van der Waals surface area contributed by atoms with E-state index in [-0.39, 0.29) is 11.5 Å². The predicted molar refractivity (Wildman–Crippen MR) is 103 cm³/mol. The minimum atomic E-state index is -0.203. The normalized spacial score (nSPS) is 10.4. The zero-order valence-corrected chi connectivity index (χ0v) is 15.3. The molecule has 138 valence electrons. The zero-order chi connectivity index (χ0) is 19.2. The van der Waals surface area contributed by atoms with Gasteiger partial charge in [-0.1, -0.05) is 18.2 Å². The number of ether oxygens (including phenoxy) is 1. The van der Waals surface area contributed by atoms with Crippen molar-refractivity contribution < 1.29 is 9.53 Å². The topological polar surface area (TPSA) is 73.2 Å². The van der Waals surface area contributed by atoms with Gasteiger partial charge < -0.3 is 10.1 Å². The van der Waals surface area contributed by atoms with Gasteiger partial charge in [0.2, 0.25) is 0 Å². The summed E-state index contributed by atoms with van der Waals surface area (Å²) < 4.78 is 7.21. The van der Waals surface area contributed by atoms with Crippen LogP contribution in [0.25, 0.3) is 0 Å². The molecule has 1 heterocycles. The fourth-order valence-corrected chi connectivity index (χ4v) is 2.53. The quantitative estimate of drug-likeness (QED) is 0.730. The van der Waals surface area contributed by atoms with E-state index in [4.69, 9.17) is 4.74 Å². The van der Waals surface area contributed by atoms with Gasteiger partial charge >= 0.3 is 0 Å². The number of rotatable bonds is 6. The molecule has 27 heavy (non-hydrogen) atoms. The van der Waals surface area contributed by atoms with Crippen LogP contribution in [-0.4, -0.2) is 22.0 Å². The highest BCUT2D eigenvalue weighted by molar-refractivity contribution is 5.94. The molecule has 6 heteroatoms. The lowest BCUT2D eigenvalue weighted by Crippen LogP contribution is -2.32. The number of nitrogens with zero attached hydrogens (tertiary/aromatic N) is 2. The number of aromatic nitrogens is 2. The average Bonchev–Trinajstić information content (AvgIpc) is 2.69. The second kappa shape index (κ2) is 8.31. The van der Waals surface area contributed by atoms with Crippen LogP contribution in [0, 0.1) is 13.8 Å². The van der Waals surface area contributed by atoms with E-state index in [9.17, 15) is 9.59 Å². The van der Waals surface area contributed by atoms with E-state index < -0.39 is 0 Å². The van der Waals surface area contributed by atoms with Crippen molar-refractivity contribution >= 4 is 5.91 Å². The Labute approximate surface area is 157 Å². The summed E-state index contributed by atoms with van der Waals surface area (Å²) >= 11 is 0. The summed E-state index contributed by atoms with van der Waals surface area (Å²) in [4.78, 5) is 28.6. The third kappa shape index (κ3) is 4.61. The number of benzene rings is 2. The number of carbonyl (C=O) groups is 1. The fraction of sp³-hybridized carbons (Fsp3) is 0.190. The molecule has 0 aliphatic heterocycles. The summed E-state index contributed by atoms with van der Waals surface area (Å²) in [5.74, 6) is 1.19. The van der Waals surface area contributed by atoms with Gasteiger partial charge in [0.25, 0.3) is 11.5 Å². The van der Waals surface area contributed by atoms with Crippen molar-refractivity contribution in [3.05, 3.63) is 88.1 Å². The first-order valence-electron chi connectivity index (χ1n) is 8.68. The van der Waals surface area contributed by atoms with Crippen molar-refractivity contribution in [2.45, 2.75) is 20.4 Å². The number of nitrogens with one attached hydrogen (secondary N) is 1. The Morgan fingerprint density at radius 2 is 1.70 bits per heavy atom. The molecule has 1 amide bonds. The maximum atomic E-state index is 12.3. The van der Waals surface area contributed by atoms with Gasteiger partial charge in [-0.3, -0.25) is 14.2 Å². The Balaban J connectivity index is 1.55. The number of para-hydroxylation sites is 1. The van der Waals surface area contributed by atoms with E-state index in [1.54, 1.807) is 38.1 Å². The van der Waals surface area contributed by atoms with Crippen LogP contribution in [-0.2, 0) is 6.54 Å². The van der Waals surface area contributed by atoms with Gasteiger partial charge in [0.1, 0.15) is 11.5 Å². The monoisotopic (exact) mass is 363 g/mol. The zero-order valence-electron chi connectivity index (χ0n) is 15.3. The minimum absolute atomic E-state index is 0.0841. The summed E-state index contributed by atoms with van der Waals surface area (Å²) in [5, 5.41) is 2.81. The number of aryl methyl sites for hydroxylation is 1. The van der Waals surface area contributed by atoms with Crippen molar-refractivity contribution in [1.82, 2.24) is 14.9 Å². The maximum Gasteiger partial charge on any atom is 0.256 e. The first-order chi connectivity index (χ1) is 13.0. The number of amides is 1. The molecule has 3 aromatic rings. The van der Waals surface area contributed by atoms with E-state index in [0.29, 0.717) is 30.0 Å². The van der Waals surface area contributed by atoms with Crippen LogP contribution < -0.4 is 15.6 Å². The van der Waals surface area contributed by atoms with Gasteiger partial charge in [-0.05, 0) is 50.2 Å². The summed E-state index contributed by atoms with van der Waals surface area (Å²) in [6.07, 6.45) is 1.51. The molecule has 2 aromatic carbocycles. The van der Waals surface area contributed by atoms with Crippen LogP contribution in [0.15, 0.2) is 65.7 Å². The Morgan fingerprint density at radius 1 is 1.04 bits per heavy atom. The van der Waals surface area contributed by atoms with Gasteiger partial charge in [-0.2, -0.15) is 0 Å². The lowest BCUT2D eigenvalue weighted by Gasteiger charge is -2.10. The third-order valence-corrected chi connectivity index (χ3v) is 4.25. The predicted octanol–water partition coefficient (Wildman–Crippen LogP) is 3.08. The van der Waals surface area contributed by atoms with Crippen LogP contribution >= 0.6 is 0 Å². The smallest absolute Gasteiger partial charge is 0.256 e. The van der Waals surface area contributed by atoms with Crippen LogP contribution in [0.4, 0.5) is 0 Å². The van der Waals surface area contributed by atoms with Crippen LogP contribution in [0.5, 0.6) is 11.5 Å². The van der Waals surface area contributed by atoms with Gasteiger partial charge in [0.15, 0.2) is 0 Å². The molecule has 0 saturated heterocycles. The van der Waals surface area contributed by atoms with Crippen molar-refractivity contribution in [2.75, 3.05) is 6.54 Å². The number of carbonyl (C=O) groups excluding carboxylic acids is 1. The lowest BCUT2D eigenvalue weighted by atomic mass is 10.2. The third-order valence-electron chi connectivity index (χ3n) is 4.25. The molecular weight excluding hydrogens is 342 g/mol. The molecule has 0 saturated carbocycles. The summed E-state index contributed by atoms with van der Waals surface area (Å²) in [6.45, 7) is 4.26. The summed E-state index contributed by atoms with van der Waals surface area (Å²) in [5.41, 5.74) is 1.79. The maximum absolute atomic E-state index is 12.3. The van der Waals surface area contributed by atoms with Gasteiger partial charge in [0, 0.05) is 29.9 Å². The Kier molecular flexibility index (Phi) is 5.66. The molecule has 0 fully saturated rings. The average molecular weight is 363 g/mol. The van der Waals surface area contributed by atoms with E-state index in [2.05, 4.69) is 10.3 Å².